The lowest BCUT2D eigenvalue weighted by atomic mass is 9.87. The summed E-state index contributed by atoms with van der Waals surface area (Å²) < 4.78 is 5.09. The van der Waals surface area contributed by atoms with Crippen molar-refractivity contribution in [3.05, 3.63) is 29.8 Å². The van der Waals surface area contributed by atoms with E-state index in [2.05, 4.69) is 26.1 Å². The average molecular weight is 301 g/mol. The molecule has 20 heavy (non-hydrogen) atoms. The molecule has 0 bridgehead atoms. The Balaban J connectivity index is 0.00000361. The third-order valence-electron chi connectivity index (χ3n) is 3.04. The van der Waals surface area contributed by atoms with E-state index in [-0.39, 0.29) is 36.3 Å². The number of hydrogen-bond donors (Lipinski definition) is 2. The summed E-state index contributed by atoms with van der Waals surface area (Å²) in [7, 11) is 1.56. The van der Waals surface area contributed by atoms with Crippen molar-refractivity contribution in [2.24, 2.45) is 5.73 Å². The summed E-state index contributed by atoms with van der Waals surface area (Å²) in [5.41, 5.74) is 7.64. The minimum atomic E-state index is -0.228. The van der Waals surface area contributed by atoms with E-state index < -0.39 is 0 Å². The molecule has 0 radical (unpaired) electrons. The molecule has 0 saturated heterocycles. The molecule has 1 atom stereocenters. The van der Waals surface area contributed by atoms with Gasteiger partial charge in [0.05, 0.1) is 12.5 Å². The van der Waals surface area contributed by atoms with Crippen LogP contribution >= 0.6 is 12.4 Å². The zero-order valence-corrected chi connectivity index (χ0v) is 13.4. The number of nitrogens with two attached hydrogens (primary N) is 1. The molecule has 1 amide bonds. The van der Waals surface area contributed by atoms with Crippen LogP contribution in [0.1, 0.15) is 32.8 Å². The van der Waals surface area contributed by atoms with Gasteiger partial charge >= 0.3 is 0 Å². The van der Waals surface area contributed by atoms with E-state index >= 15 is 0 Å². The molecule has 0 saturated carbocycles. The molecule has 1 aromatic rings. The van der Waals surface area contributed by atoms with Crippen LogP contribution in [0.4, 0.5) is 5.69 Å². The molecule has 5 heteroatoms. The number of hydrogen-bond acceptors (Lipinski definition) is 3. The van der Waals surface area contributed by atoms with Gasteiger partial charge in [-0.2, -0.15) is 0 Å². The van der Waals surface area contributed by atoms with Crippen LogP contribution in [-0.4, -0.2) is 25.7 Å². The molecular weight excluding hydrogens is 276 g/mol. The van der Waals surface area contributed by atoms with Crippen molar-refractivity contribution in [2.45, 2.75) is 38.7 Å². The molecule has 0 heterocycles. The smallest absolute Gasteiger partial charge is 0.227 e. The summed E-state index contributed by atoms with van der Waals surface area (Å²) in [6.07, 6.45) is 0.0439. The van der Waals surface area contributed by atoms with Crippen molar-refractivity contribution in [3.63, 3.8) is 0 Å². The summed E-state index contributed by atoms with van der Waals surface area (Å²) in [5.74, 6) is -0.0826. The highest BCUT2D eigenvalue weighted by Gasteiger charge is 2.14. The van der Waals surface area contributed by atoms with Crippen LogP contribution in [0.5, 0.6) is 0 Å². The van der Waals surface area contributed by atoms with E-state index in [0.717, 1.165) is 5.69 Å². The number of carbonyl (C=O) groups is 1. The van der Waals surface area contributed by atoms with Crippen LogP contribution in [0.2, 0.25) is 0 Å². The lowest BCUT2D eigenvalue weighted by molar-refractivity contribution is -0.118. The third-order valence-corrected chi connectivity index (χ3v) is 3.04. The topological polar surface area (TPSA) is 64.3 Å². The standard InChI is InChI=1S/C15H24N2O2.ClH/c1-15(2,3)11-5-7-12(8-6-11)17-14(18)9-13(10-16)19-4;/h5-8,13H,9-10,16H2,1-4H3,(H,17,18);1H. The maximum atomic E-state index is 11.8. The monoisotopic (exact) mass is 300 g/mol. The molecule has 1 aromatic carbocycles. The number of amides is 1. The van der Waals surface area contributed by atoms with E-state index in [4.69, 9.17) is 10.5 Å². The van der Waals surface area contributed by atoms with E-state index in [1.807, 2.05) is 24.3 Å². The Labute approximate surface area is 127 Å². The normalized spacial score (nSPS) is 12.4. The van der Waals surface area contributed by atoms with Crippen LogP contribution in [0, 0.1) is 0 Å². The average Bonchev–Trinajstić information content (AvgIpc) is 2.35. The Morgan fingerprint density at radius 3 is 2.25 bits per heavy atom. The summed E-state index contributed by atoms with van der Waals surface area (Å²) in [5, 5.41) is 2.85. The second-order valence-corrected chi connectivity index (χ2v) is 5.67. The van der Waals surface area contributed by atoms with Crippen molar-refractivity contribution < 1.29 is 9.53 Å². The number of benzene rings is 1. The molecule has 1 rings (SSSR count). The van der Waals surface area contributed by atoms with Crippen LogP contribution in [0.15, 0.2) is 24.3 Å². The number of nitrogens with one attached hydrogen (secondary N) is 1. The van der Waals surface area contributed by atoms with Gasteiger partial charge in [-0.05, 0) is 23.1 Å². The highest BCUT2D eigenvalue weighted by molar-refractivity contribution is 5.91. The van der Waals surface area contributed by atoms with Gasteiger partial charge in [-0.3, -0.25) is 4.79 Å². The number of halogens is 1. The summed E-state index contributed by atoms with van der Waals surface area (Å²) >= 11 is 0. The lowest BCUT2D eigenvalue weighted by Crippen LogP contribution is -2.28. The predicted octanol–water partition coefficient (Wildman–Crippen LogP) is 2.71. The molecule has 1 unspecified atom stereocenters. The summed E-state index contributed by atoms with van der Waals surface area (Å²) in [4.78, 5) is 11.8. The van der Waals surface area contributed by atoms with E-state index in [0.29, 0.717) is 6.54 Å². The number of ether oxygens (including phenoxy) is 1. The molecule has 3 N–H and O–H groups in total. The van der Waals surface area contributed by atoms with Crippen LogP contribution in [0.3, 0.4) is 0 Å². The van der Waals surface area contributed by atoms with Crippen molar-refractivity contribution in [2.75, 3.05) is 19.0 Å². The first-order valence-electron chi connectivity index (χ1n) is 6.50. The van der Waals surface area contributed by atoms with Gasteiger partial charge in [0.25, 0.3) is 0 Å². The van der Waals surface area contributed by atoms with Crippen LogP contribution in [-0.2, 0) is 14.9 Å². The van der Waals surface area contributed by atoms with Crippen LogP contribution < -0.4 is 11.1 Å². The molecular formula is C15H25ClN2O2. The van der Waals surface area contributed by atoms with Crippen molar-refractivity contribution in [1.82, 2.24) is 0 Å². The van der Waals surface area contributed by atoms with E-state index in [1.54, 1.807) is 7.11 Å². The predicted molar refractivity (Wildman–Crippen MR) is 85.5 cm³/mol. The summed E-state index contributed by atoms with van der Waals surface area (Å²) in [6, 6.07) is 7.91. The van der Waals surface area contributed by atoms with E-state index in [9.17, 15) is 4.79 Å². The Morgan fingerprint density at radius 2 is 1.85 bits per heavy atom. The Bertz CT molecular complexity index is 409. The first-order valence-corrected chi connectivity index (χ1v) is 6.50. The quantitative estimate of drug-likeness (QED) is 0.879. The Morgan fingerprint density at radius 1 is 1.30 bits per heavy atom. The van der Waals surface area contributed by atoms with Gasteiger partial charge in [0.1, 0.15) is 0 Å². The maximum Gasteiger partial charge on any atom is 0.227 e. The fraction of sp³-hybridized carbons (Fsp3) is 0.533. The molecule has 0 spiro atoms. The Hall–Kier alpha value is -1.10. The van der Waals surface area contributed by atoms with Gasteiger partial charge in [-0.1, -0.05) is 32.9 Å². The minimum absolute atomic E-state index is 0. The minimum Gasteiger partial charge on any atom is -0.380 e. The van der Waals surface area contributed by atoms with Gasteiger partial charge in [0.2, 0.25) is 5.91 Å². The number of rotatable bonds is 5. The van der Waals surface area contributed by atoms with Gasteiger partial charge in [0, 0.05) is 19.3 Å². The molecule has 0 aliphatic rings. The van der Waals surface area contributed by atoms with Crippen molar-refractivity contribution >= 4 is 24.0 Å². The van der Waals surface area contributed by atoms with Crippen LogP contribution in [0.25, 0.3) is 0 Å². The third kappa shape index (κ3) is 5.90. The fourth-order valence-electron chi connectivity index (χ4n) is 1.74. The van der Waals surface area contributed by atoms with Crippen molar-refractivity contribution in [1.29, 1.82) is 0 Å². The van der Waals surface area contributed by atoms with Gasteiger partial charge < -0.3 is 15.8 Å². The zero-order valence-electron chi connectivity index (χ0n) is 12.6. The molecule has 114 valence electrons. The number of methoxy groups -OCH3 is 1. The van der Waals surface area contributed by atoms with Gasteiger partial charge in [-0.15, -0.1) is 12.4 Å². The summed E-state index contributed by atoms with van der Waals surface area (Å²) in [6.45, 7) is 6.81. The highest BCUT2D eigenvalue weighted by atomic mass is 35.5. The SMILES string of the molecule is COC(CN)CC(=O)Nc1ccc(C(C)(C)C)cc1.Cl. The number of carbonyl (C=O) groups excluding carboxylic acids is 1. The van der Waals surface area contributed by atoms with Gasteiger partial charge in [0.15, 0.2) is 0 Å². The molecule has 0 fully saturated rings. The van der Waals surface area contributed by atoms with Gasteiger partial charge in [-0.25, -0.2) is 0 Å². The first-order chi connectivity index (χ1) is 8.86. The second-order valence-electron chi connectivity index (χ2n) is 5.67. The molecule has 0 aliphatic heterocycles. The molecule has 0 aromatic heterocycles. The largest absolute Gasteiger partial charge is 0.380 e. The second kappa shape index (κ2) is 8.25. The first kappa shape index (κ1) is 18.9. The fourth-order valence-corrected chi connectivity index (χ4v) is 1.74. The number of anilines is 1. The maximum absolute atomic E-state index is 11.8. The Kier molecular flexibility index (Phi) is 7.79. The lowest BCUT2D eigenvalue weighted by Gasteiger charge is -2.19. The molecule has 4 nitrogen and oxygen atoms in total. The van der Waals surface area contributed by atoms with Crippen molar-refractivity contribution in [3.8, 4) is 0 Å². The van der Waals surface area contributed by atoms with E-state index in [1.165, 1.54) is 5.56 Å². The zero-order chi connectivity index (χ0) is 14.5. The highest BCUT2D eigenvalue weighted by Crippen LogP contribution is 2.23. The molecule has 0 aliphatic carbocycles.